The molecule has 1 saturated heterocycles. The van der Waals surface area contributed by atoms with Gasteiger partial charge in [0, 0.05) is 12.1 Å². The molecule has 112 valence electrons. The van der Waals surface area contributed by atoms with E-state index in [-0.39, 0.29) is 29.8 Å². The lowest BCUT2D eigenvalue weighted by molar-refractivity contribution is 0.0918. The maximum atomic E-state index is 13.8. The Balaban J connectivity index is 0.00000200. The van der Waals surface area contributed by atoms with Crippen LogP contribution in [0.4, 0.5) is 4.39 Å². The van der Waals surface area contributed by atoms with Crippen molar-refractivity contribution in [3.8, 4) is 5.75 Å². The standard InChI is InChI=1S/C14H19FN2O2.ClH/c1-9-8-10(6-7-16-9)17-14(18)13-11(15)4-3-5-12(13)19-2;/h3-5,9-10,16H,6-8H2,1-2H3,(H,17,18);1H. The summed E-state index contributed by atoms with van der Waals surface area (Å²) in [4.78, 5) is 12.2. The van der Waals surface area contributed by atoms with Gasteiger partial charge >= 0.3 is 0 Å². The van der Waals surface area contributed by atoms with Crippen LogP contribution in [0.25, 0.3) is 0 Å². The van der Waals surface area contributed by atoms with Crippen LogP contribution in [0.2, 0.25) is 0 Å². The van der Waals surface area contributed by atoms with Crippen LogP contribution in [0.3, 0.4) is 0 Å². The van der Waals surface area contributed by atoms with Gasteiger partial charge in [-0.15, -0.1) is 12.4 Å². The molecular weight excluding hydrogens is 283 g/mol. The van der Waals surface area contributed by atoms with Crippen LogP contribution in [-0.4, -0.2) is 31.6 Å². The summed E-state index contributed by atoms with van der Waals surface area (Å²) in [5.74, 6) is -0.702. The van der Waals surface area contributed by atoms with E-state index in [1.165, 1.54) is 19.2 Å². The molecule has 2 unspecified atom stereocenters. The molecule has 1 aromatic carbocycles. The third kappa shape index (κ3) is 3.84. The Morgan fingerprint density at radius 1 is 1.50 bits per heavy atom. The Hall–Kier alpha value is -1.33. The average molecular weight is 303 g/mol. The van der Waals surface area contributed by atoms with Gasteiger partial charge in [0.2, 0.25) is 0 Å². The van der Waals surface area contributed by atoms with Crippen molar-refractivity contribution in [3.05, 3.63) is 29.6 Å². The Kier molecular flexibility index (Phi) is 6.23. The number of hydrogen-bond acceptors (Lipinski definition) is 3. The number of carbonyl (C=O) groups excluding carboxylic acids is 1. The van der Waals surface area contributed by atoms with E-state index >= 15 is 0 Å². The summed E-state index contributed by atoms with van der Waals surface area (Å²) in [7, 11) is 1.43. The van der Waals surface area contributed by atoms with Crippen LogP contribution >= 0.6 is 12.4 Å². The number of carbonyl (C=O) groups is 1. The summed E-state index contributed by atoms with van der Waals surface area (Å²) in [5.41, 5.74) is -0.0174. The lowest BCUT2D eigenvalue weighted by atomic mass is 10.00. The molecule has 2 N–H and O–H groups in total. The zero-order chi connectivity index (χ0) is 13.8. The molecule has 1 aliphatic heterocycles. The number of benzene rings is 1. The van der Waals surface area contributed by atoms with Gasteiger partial charge in [0.1, 0.15) is 17.1 Å². The van der Waals surface area contributed by atoms with Crippen molar-refractivity contribution in [2.45, 2.75) is 31.8 Å². The van der Waals surface area contributed by atoms with Gasteiger partial charge in [-0.25, -0.2) is 4.39 Å². The molecule has 4 nitrogen and oxygen atoms in total. The first-order valence-corrected chi connectivity index (χ1v) is 6.48. The van der Waals surface area contributed by atoms with Crippen molar-refractivity contribution in [2.24, 2.45) is 0 Å². The second-order valence-corrected chi connectivity index (χ2v) is 4.87. The minimum Gasteiger partial charge on any atom is -0.496 e. The fourth-order valence-electron chi connectivity index (χ4n) is 2.42. The monoisotopic (exact) mass is 302 g/mol. The Morgan fingerprint density at radius 3 is 2.90 bits per heavy atom. The summed E-state index contributed by atoms with van der Waals surface area (Å²) in [6.45, 7) is 2.93. The molecule has 0 bridgehead atoms. The van der Waals surface area contributed by atoms with E-state index in [2.05, 4.69) is 17.6 Å². The van der Waals surface area contributed by atoms with Gasteiger partial charge in [0.15, 0.2) is 0 Å². The lowest BCUT2D eigenvalue weighted by Crippen LogP contribution is -2.46. The second-order valence-electron chi connectivity index (χ2n) is 4.87. The van der Waals surface area contributed by atoms with Gasteiger partial charge < -0.3 is 15.4 Å². The first kappa shape index (κ1) is 16.7. The van der Waals surface area contributed by atoms with Crippen molar-refractivity contribution in [1.29, 1.82) is 0 Å². The van der Waals surface area contributed by atoms with Gasteiger partial charge in [0.05, 0.1) is 7.11 Å². The van der Waals surface area contributed by atoms with Gasteiger partial charge in [-0.3, -0.25) is 4.79 Å². The second kappa shape index (κ2) is 7.45. The quantitative estimate of drug-likeness (QED) is 0.899. The molecule has 1 fully saturated rings. The number of amides is 1. The third-order valence-corrected chi connectivity index (χ3v) is 3.38. The molecule has 1 amide bonds. The Labute approximate surface area is 124 Å². The number of piperidine rings is 1. The highest BCUT2D eigenvalue weighted by Gasteiger charge is 2.23. The van der Waals surface area contributed by atoms with E-state index in [4.69, 9.17) is 4.74 Å². The number of rotatable bonds is 3. The predicted octanol–water partition coefficient (Wildman–Crippen LogP) is 2.13. The average Bonchev–Trinajstić information content (AvgIpc) is 2.38. The number of hydrogen-bond donors (Lipinski definition) is 2. The van der Waals surface area contributed by atoms with Gasteiger partial charge in [0.25, 0.3) is 5.91 Å². The summed E-state index contributed by atoms with van der Waals surface area (Å²) in [5, 5.41) is 6.19. The minimum atomic E-state index is -0.557. The van der Waals surface area contributed by atoms with Crippen molar-refractivity contribution in [2.75, 3.05) is 13.7 Å². The summed E-state index contributed by atoms with van der Waals surface area (Å²) in [6.07, 6.45) is 1.70. The van der Waals surface area contributed by atoms with Gasteiger partial charge in [-0.1, -0.05) is 6.07 Å². The highest BCUT2D eigenvalue weighted by molar-refractivity contribution is 5.97. The topological polar surface area (TPSA) is 50.4 Å². The molecule has 2 atom stereocenters. The van der Waals surface area contributed by atoms with E-state index in [0.29, 0.717) is 6.04 Å². The van der Waals surface area contributed by atoms with E-state index in [0.717, 1.165) is 19.4 Å². The number of halogens is 2. The van der Waals surface area contributed by atoms with Crippen molar-refractivity contribution < 1.29 is 13.9 Å². The summed E-state index contributed by atoms with van der Waals surface area (Å²) in [6, 6.07) is 4.82. The van der Waals surface area contributed by atoms with Crippen molar-refractivity contribution in [3.63, 3.8) is 0 Å². The molecule has 0 radical (unpaired) electrons. The number of ether oxygens (including phenoxy) is 1. The molecule has 0 spiro atoms. The molecule has 2 rings (SSSR count). The first-order chi connectivity index (χ1) is 9.11. The fourth-order valence-corrected chi connectivity index (χ4v) is 2.42. The number of methoxy groups -OCH3 is 1. The Morgan fingerprint density at radius 2 is 2.25 bits per heavy atom. The van der Waals surface area contributed by atoms with Crippen LogP contribution in [-0.2, 0) is 0 Å². The molecule has 0 saturated carbocycles. The van der Waals surface area contributed by atoms with E-state index in [9.17, 15) is 9.18 Å². The summed E-state index contributed by atoms with van der Waals surface area (Å²) < 4.78 is 18.8. The first-order valence-electron chi connectivity index (χ1n) is 6.48. The smallest absolute Gasteiger partial charge is 0.258 e. The van der Waals surface area contributed by atoms with Crippen LogP contribution in [0, 0.1) is 5.82 Å². The van der Waals surface area contributed by atoms with Gasteiger partial charge in [-0.2, -0.15) is 0 Å². The molecule has 0 aromatic heterocycles. The van der Waals surface area contributed by atoms with E-state index < -0.39 is 11.7 Å². The van der Waals surface area contributed by atoms with Gasteiger partial charge in [-0.05, 0) is 38.4 Å². The van der Waals surface area contributed by atoms with Crippen LogP contribution in [0.5, 0.6) is 5.75 Å². The van der Waals surface area contributed by atoms with E-state index in [1.807, 2.05) is 0 Å². The normalized spacial score (nSPS) is 21.8. The molecule has 20 heavy (non-hydrogen) atoms. The molecule has 1 aromatic rings. The highest BCUT2D eigenvalue weighted by atomic mass is 35.5. The summed E-state index contributed by atoms with van der Waals surface area (Å²) >= 11 is 0. The molecule has 6 heteroatoms. The van der Waals surface area contributed by atoms with Crippen molar-refractivity contribution in [1.82, 2.24) is 10.6 Å². The predicted molar refractivity (Wildman–Crippen MR) is 78.2 cm³/mol. The third-order valence-electron chi connectivity index (χ3n) is 3.38. The largest absolute Gasteiger partial charge is 0.496 e. The number of nitrogens with one attached hydrogen (secondary N) is 2. The zero-order valence-corrected chi connectivity index (χ0v) is 12.4. The minimum absolute atomic E-state index is 0. The van der Waals surface area contributed by atoms with Crippen LogP contribution < -0.4 is 15.4 Å². The fraction of sp³-hybridized carbons (Fsp3) is 0.500. The van der Waals surface area contributed by atoms with E-state index in [1.54, 1.807) is 6.07 Å². The molecule has 0 aliphatic carbocycles. The maximum Gasteiger partial charge on any atom is 0.258 e. The SMILES string of the molecule is COc1cccc(F)c1C(=O)NC1CCNC(C)C1.Cl. The van der Waals surface area contributed by atoms with Crippen LogP contribution in [0.1, 0.15) is 30.1 Å². The maximum absolute atomic E-state index is 13.8. The molecular formula is C14H20ClFN2O2. The highest BCUT2D eigenvalue weighted by Crippen LogP contribution is 2.21. The molecule has 1 heterocycles. The van der Waals surface area contributed by atoms with Crippen molar-refractivity contribution >= 4 is 18.3 Å². The zero-order valence-electron chi connectivity index (χ0n) is 11.6. The molecule has 1 aliphatic rings. The van der Waals surface area contributed by atoms with Crippen LogP contribution in [0.15, 0.2) is 18.2 Å². The Bertz CT molecular complexity index is 470. The lowest BCUT2D eigenvalue weighted by Gasteiger charge is -2.28.